The highest BCUT2D eigenvalue weighted by molar-refractivity contribution is 7.15. The highest BCUT2D eigenvalue weighted by atomic mass is 32.1. The second-order valence-corrected chi connectivity index (χ2v) is 8.90. The number of aryl methyl sites for hydroxylation is 2. The molecule has 32 heavy (non-hydrogen) atoms. The zero-order valence-electron chi connectivity index (χ0n) is 18.2. The number of nitrogens with zero attached hydrogens (tertiary/aromatic N) is 7. The number of hydrogen-bond donors (Lipinski definition) is 0. The molecule has 0 spiro atoms. The number of carbonyl (C=O) groups is 2. The number of carbonyl (C=O) groups excluding carboxylic acids is 2. The predicted octanol–water partition coefficient (Wildman–Crippen LogP) is 4.62. The SMILES string of the molecule is CC(=O)C[C@@H]1N=C(c2ccc(C(=O)CN=[N+]=[N-])cc2)c2c(sc(C)c2C)-n2c(C)nnc21. The van der Waals surface area contributed by atoms with Crippen LogP contribution in [0.2, 0.25) is 0 Å². The molecule has 0 unspecified atom stereocenters. The van der Waals surface area contributed by atoms with Crippen molar-refractivity contribution in [2.45, 2.75) is 40.2 Å². The molecular formula is C22H21N7O2S. The lowest BCUT2D eigenvalue weighted by atomic mass is 9.98. The fourth-order valence-corrected chi connectivity index (χ4v) is 5.01. The first-order valence-corrected chi connectivity index (χ1v) is 10.9. The first-order chi connectivity index (χ1) is 15.3. The molecule has 0 N–H and O–H groups in total. The summed E-state index contributed by atoms with van der Waals surface area (Å²) in [7, 11) is 0. The Hall–Kier alpha value is -3.62. The third kappa shape index (κ3) is 3.74. The topological polar surface area (TPSA) is 126 Å². The lowest BCUT2D eigenvalue weighted by Gasteiger charge is -2.11. The average Bonchev–Trinajstić information content (AvgIpc) is 3.24. The average molecular weight is 448 g/mol. The van der Waals surface area contributed by atoms with Gasteiger partial charge in [-0.2, -0.15) is 0 Å². The van der Waals surface area contributed by atoms with Crippen molar-refractivity contribution in [3.05, 3.63) is 73.5 Å². The maximum absolute atomic E-state index is 12.2. The van der Waals surface area contributed by atoms with E-state index in [4.69, 9.17) is 10.5 Å². The van der Waals surface area contributed by atoms with Gasteiger partial charge in [0.2, 0.25) is 0 Å². The van der Waals surface area contributed by atoms with Crippen LogP contribution in [-0.4, -0.2) is 38.6 Å². The Balaban J connectivity index is 1.89. The molecule has 0 fully saturated rings. The molecule has 0 bridgehead atoms. The molecule has 0 saturated carbocycles. The van der Waals surface area contributed by atoms with Gasteiger partial charge in [-0.3, -0.25) is 19.1 Å². The number of aliphatic imine (C=N–C) groups is 1. The van der Waals surface area contributed by atoms with Crippen LogP contribution >= 0.6 is 11.3 Å². The van der Waals surface area contributed by atoms with Crippen molar-refractivity contribution in [3.8, 4) is 5.00 Å². The van der Waals surface area contributed by atoms with Gasteiger partial charge in [0.05, 0.1) is 12.3 Å². The number of Topliss-reactive ketones (excluding diaryl/α,β-unsaturated/α-hetero) is 2. The standard InChI is InChI=1S/C22H21N7O2S/c1-11(30)9-17-21-27-26-14(4)29(21)22-19(12(2)13(3)32-22)20(25-17)16-7-5-15(6-8-16)18(31)10-24-28-23/h5-8,17H,9-10H2,1-4H3/t17-/m0/s1. The Kier molecular flexibility index (Phi) is 5.73. The second-order valence-electron chi connectivity index (χ2n) is 7.69. The largest absolute Gasteiger partial charge is 0.300 e. The minimum absolute atomic E-state index is 0.0162. The van der Waals surface area contributed by atoms with E-state index in [-0.39, 0.29) is 24.5 Å². The van der Waals surface area contributed by atoms with Crippen LogP contribution in [0.5, 0.6) is 0 Å². The Morgan fingerprint density at radius 3 is 2.56 bits per heavy atom. The summed E-state index contributed by atoms with van der Waals surface area (Å²) in [6.45, 7) is 7.34. The number of fused-ring (bicyclic) bond motifs is 3. The highest BCUT2D eigenvalue weighted by Crippen LogP contribution is 2.39. The summed E-state index contributed by atoms with van der Waals surface area (Å²) in [5, 5.41) is 12.9. The van der Waals surface area contributed by atoms with Gasteiger partial charge in [-0.1, -0.05) is 29.4 Å². The minimum Gasteiger partial charge on any atom is -0.300 e. The lowest BCUT2D eigenvalue weighted by Crippen LogP contribution is -2.10. The van der Waals surface area contributed by atoms with Gasteiger partial charge in [-0.25, -0.2) is 0 Å². The molecule has 10 heteroatoms. The van der Waals surface area contributed by atoms with Crippen molar-refractivity contribution in [1.29, 1.82) is 0 Å². The van der Waals surface area contributed by atoms with Crippen LogP contribution in [0.15, 0.2) is 34.4 Å². The van der Waals surface area contributed by atoms with Crippen LogP contribution in [0, 0.1) is 20.8 Å². The molecular weight excluding hydrogens is 426 g/mol. The van der Waals surface area contributed by atoms with Crippen molar-refractivity contribution in [2.24, 2.45) is 10.1 Å². The number of azide groups is 1. The van der Waals surface area contributed by atoms with Gasteiger partial charge in [0.25, 0.3) is 0 Å². The zero-order chi connectivity index (χ0) is 23.0. The maximum atomic E-state index is 12.2. The van der Waals surface area contributed by atoms with Crippen LogP contribution in [0.3, 0.4) is 0 Å². The number of hydrogen-bond acceptors (Lipinski definition) is 7. The van der Waals surface area contributed by atoms with Crippen LogP contribution in [0.25, 0.3) is 15.4 Å². The summed E-state index contributed by atoms with van der Waals surface area (Å²) in [6, 6.07) is 6.62. The molecule has 0 radical (unpaired) electrons. The van der Waals surface area contributed by atoms with E-state index >= 15 is 0 Å². The second kappa shape index (κ2) is 8.49. The summed E-state index contributed by atoms with van der Waals surface area (Å²) >= 11 is 1.64. The number of benzene rings is 1. The first kappa shape index (κ1) is 21.6. The molecule has 0 saturated heterocycles. The summed E-state index contributed by atoms with van der Waals surface area (Å²) in [5.74, 6) is 1.15. The quantitative estimate of drug-likeness (QED) is 0.236. The predicted molar refractivity (Wildman–Crippen MR) is 122 cm³/mol. The van der Waals surface area contributed by atoms with E-state index in [1.807, 2.05) is 23.6 Å². The van der Waals surface area contributed by atoms with E-state index < -0.39 is 6.04 Å². The summed E-state index contributed by atoms with van der Waals surface area (Å²) < 4.78 is 2.00. The van der Waals surface area contributed by atoms with Crippen molar-refractivity contribution in [2.75, 3.05) is 6.54 Å². The lowest BCUT2D eigenvalue weighted by molar-refractivity contribution is -0.117. The molecule has 162 valence electrons. The maximum Gasteiger partial charge on any atom is 0.168 e. The molecule has 1 atom stereocenters. The Bertz CT molecular complexity index is 1310. The van der Waals surface area contributed by atoms with Gasteiger partial charge in [0, 0.05) is 32.9 Å². The molecule has 3 aromatic rings. The van der Waals surface area contributed by atoms with Gasteiger partial charge < -0.3 is 0 Å². The van der Waals surface area contributed by atoms with Gasteiger partial charge in [-0.05, 0) is 38.8 Å². The van der Waals surface area contributed by atoms with E-state index in [0.717, 1.165) is 38.1 Å². The molecule has 0 amide bonds. The van der Waals surface area contributed by atoms with Crippen molar-refractivity contribution < 1.29 is 9.59 Å². The fraction of sp³-hybridized carbons (Fsp3) is 0.318. The molecule has 3 heterocycles. The summed E-state index contributed by atoms with van der Waals surface area (Å²) in [4.78, 5) is 33.0. The number of rotatable bonds is 6. The van der Waals surface area contributed by atoms with E-state index in [2.05, 4.69) is 34.1 Å². The van der Waals surface area contributed by atoms with Gasteiger partial charge in [0.1, 0.15) is 22.7 Å². The Morgan fingerprint density at radius 2 is 1.91 bits per heavy atom. The number of thiophene rings is 1. The Labute approximate surface area is 188 Å². The summed E-state index contributed by atoms with van der Waals surface area (Å²) in [5.41, 5.74) is 12.6. The van der Waals surface area contributed by atoms with E-state index in [0.29, 0.717) is 11.4 Å². The van der Waals surface area contributed by atoms with Gasteiger partial charge >= 0.3 is 0 Å². The van der Waals surface area contributed by atoms with Crippen molar-refractivity contribution >= 4 is 28.6 Å². The van der Waals surface area contributed by atoms with Crippen LogP contribution in [-0.2, 0) is 4.79 Å². The van der Waals surface area contributed by atoms with E-state index in [1.54, 1.807) is 30.4 Å². The molecule has 1 aliphatic rings. The van der Waals surface area contributed by atoms with E-state index in [1.165, 1.54) is 0 Å². The molecule has 1 aliphatic heterocycles. The van der Waals surface area contributed by atoms with Gasteiger partial charge in [0.15, 0.2) is 11.6 Å². The summed E-state index contributed by atoms with van der Waals surface area (Å²) in [6.07, 6.45) is 0.220. The smallest absolute Gasteiger partial charge is 0.168 e. The number of ketones is 2. The highest BCUT2D eigenvalue weighted by Gasteiger charge is 2.31. The fourth-order valence-electron chi connectivity index (χ4n) is 3.80. The van der Waals surface area contributed by atoms with Crippen LogP contribution in [0.4, 0.5) is 0 Å². The molecule has 9 nitrogen and oxygen atoms in total. The van der Waals surface area contributed by atoms with Crippen LogP contribution < -0.4 is 0 Å². The van der Waals surface area contributed by atoms with Crippen LogP contribution in [0.1, 0.15) is 63.0 Å². The van der Waals surface area contributed by atoms with Gasteiger partial charge in [-0.15, -0.1) is 21.5 Å². The zero-order valence-corrected chi connectivity index (χ0v) is 19.0. The normalized spacial score (nSPS) is 14.6. The number of aromatic nitrogens is 3. The molecule has 2 aromatic heterocycles. The van der Waals surface area contributed by atoms with E-state index in [9.17, 15) is 9.59 Å². The third-order valence-corrected chi connectivity index (χ3v) is 6.67. The third-order valence-electron chi connectivity index (χ3n) is 5.48. The Morgan fingerprint density at radius 1 is 1.19 bits per heavy atom. The molecule has 0 aliphatic carbocycles. The monoisotopic (exact) mass is 447 g/mol. The molecule has 1 aromatic carbocycles. The van der Waals surface area contributed by atoms with Crippen molar-refractivity contribution in [3.63, 3.8) is 0 Å². The molecule has 4 rings (SSSR count). The first-order valence-electron chi connectivity index (χ1n) is 10.1. The minimum atomic E-state index is -0.464. The van der Waals surface area contributed by atoms with Crippen molar-refractivity contribution in [1.82, 2.24) is 14.8 Å².